The molecule has 1 atom stereocenters. The molecule has 16 heavy (non-hydrogen) atoms. The Hall–Kier alpha value is -0.980. The summed E-state index contributed by atoms with van der Waals surface area (Å²) in [6.07, 6.45) is -9.19. The maximum Gasteiger partial charge on any atom is 0.412 e. The van der Waals surface area contributed by atoms with Crippen LogP contribution in [0.2, 0.25) is 0 Å². The summed E-state index contributed by atoms with van der Waals surface area (Å²) in [6.45, 7) is -1.40. The fourth-order valence-corrected chi connectivity index (χ4v) is 1.39. The van der Waals surface area contributed by atoms with E-state index in [0.717, 1.165) is 0 Å². The first-order chi connectivity index (χ1) is 7.12. The fraction of sp³-hybridized carbons (Fsp3) is 0.556. The molecule has 1 unspecified atom stereocenters. The smallest absolute Gasteiger partial charge is 0.395 e. The second kappa shape index (κ2) is 3.80. The van der Waals surface area contributed by atoms with Crippen LogP contribution in [0.15, 0.2) is 23.8 Å². The van der Waals surface area contributed by atoms with E-state index >= 15 is 0 Å². The Morgan fingerprint density at radius 1 is 1.19 bits per heavy atom. The molecule has 0 radical (unpaired) electrons. The minimum atomic E-state index is -4.91. The zero-order valence-corrected chi connectivity index (χ0v) is 7.86. The second-order valence-corrected chi connectivity index (χ2v) is 3.54. The molecule has 1 rings (SSSR count). The van der Waals surface area contributed by atoms with E-state index in [0.29, 0.717) is 18.2 Å². The highest BCUT2D eigenvalue weighted by atomic mass is 19.4. The van der Waals surface area contributed by atoms with Gasteiger partial charge in [-0.25, -0.2) is 0 Å². The van der Waals surface area contributed by atoms with Crippen LogP contribution in [-0.2, 0) is 0 Å². The average Bonchev–Trinajstić information content (AvgIpc) is 2.15. The summed E-state index contributed by atoms with van der Waals surface area (Å²) in [5.74, 6) is 0. The third-order valence-corrected chi connectivity index (χ3v) is 2.43. The van der Waals surface area contributed by atoms with Gasteiger partial charge in [0.1, 0.15) is 5.41 Å². The minimum Gasteiger partial charge on any atom is -0.395 e. The highest BCUT2D eigenvalue weighted by molar-refractivity contribution is 5.28. The zero-order valence-electron chi connectivity index (χ0n) is 7.86. The lowest BCUT2D eigenvalue weighted by Gasteiger charge is -2.34. The fourth-order valence-electron chi connectivity index (χ4n) is 1.39. The van der Waals surface area contributed by atoms with E-state index in [1.165, 1.54) is 0 Å². The molecule has 0 heterocycles. The van der Waals surface area contributed by atoms with Crippen LogP contribution in [0, 0.1) is 5.41 Å². The normalized spacial score (nSPS) is 26.8. The summed E-state index contributed by atoms with van der Waals surface area (Å²) in [5, 5.41) is 8.69. The van der Waals surface area contributed by atoms with E-state index in [9.17, 15) is 26.3 Å². The Morgan fingerprint density at radius 3 is 2.12 bits per heavy atom. The van der Waals surface area contributed by atoms with Gasteiger partial charge in [0.25, 0.3) is 0 Å². The number of hydrogen-bond acceptors (Lipinski definition) is 1. The van der Waals surface area contributed by atoms with Crippen molar-refractivity contribution in [3.05, 3.63) is 23.8 Å². The van der Waals surface area contributed by atoms with Gasteiger partial charge < -0.3 is 5.11 Å². The van der Waals surface area contributed by atoms with Gasteiger partial charge in [-0.05, 0) is 6.42 Å². The molecule has 1 aliphatic rings. The highest BCUT2D eigenvalue weighted by Gasteiger charge is 2.55. The van der Waals surface area contributed by atoms with Crippen molar-refractivity contribution in [3.8, 4) is 0 Å². The molecule has 0 aromatic heterocycles. The quantitative estimate of drug-likeness (QED) is 0.705. The maximum absolute atomic E-state index is 12.6. The van der Waals surface area contributed by atoms with Gasteiger partial charge in [-0.2, -0.15) is 26.3 Å². The lowest BCUT2D eigenvalue weighted by Crippen LogP contribution is -2.42. The summed E-state index contributed by atoms with van der Waals surface area (Å²) in [7, 11) is 0. The van der Waals surface area contributed by atoms with Crippen LogP contribution >= 0.6 is 0 Å². The van der Waals surface area contributed by atoms with Crippen molar-refractivity contribution in [2.24, 2.45) is 5.41 Å². The van der Waals surface area contributed by atoms with Crippen LogP contribution in [0.4, 0.5) is 26.3 Å². The molecule has 0 saturated carbocycles. The van der Waals surface area contributed by atoms with E-state index < -0.39 is 36.4 Å². The van der Waals surface area contributed by atoms with Crippen LogP contribution in [-0.4, -0.2) is 24.1 Å². The summed E-state index contributed by atoms with van der Waals surface area (Å²) < 4.78 is 74.4. The van der Waals surface area contributed by atoms with Gasteiger partial charge in [0.2, 0.25) is 0 Å². The van der Waals surface area contributed by atoms with Crippen LogP contribution < -0.4 is 0 Å². The largest absolute Gasteiger partial charge is 0.412 e. The van der Waals surface area contributed by atoms with Crippen molar-refractivity contribution < 1.29 is 31.4 Å². The molecular weight excluding hydrogens is 238 g/mol. The predicted molar refractivity (Wildman–Crippen MR) is 43.5 cm³/mol. The lowest BCUT2D eigenvalue weighted by molar-refractivity contribution is -0.220. The van der Waals surface area contributed by atoms with Gasteiger partial charge in [0.15, 0.2) is 0 Å². The molecule has 7 heteroatoms. The number of alkyl halides is 6. The second-order valence-electron chi connectivity index (χ2n) is 3.54. The predicted octanol–water partition coefficient (Wildman–Crippen LogP) is 2.98. The molecule has 0 aromatic rings. The Balaban J connectivity index is 3.06. The third kappa shape index (κ3) is 2.23. The van der Waals surface area contributed by atoms with E-state index in [2.05, 4.69) is 0 Å². The van der Waals surface area contributed by atoms with E-state index in [4.69, 9.17) is 5.11 Å². The van der Waals surface area contributed by atoms with Crippen LogP contribution in [0.3, 0.4) is 0 Å². The van der Waals surface area contributed by atoms with E-state index in [1.54, 1.807) is 0 Å². The number of hydrogen-bond donors (Lipinski definition) is 1. The van der Waals surface area contributed by atoms with E-state index in [1.807, 2.05) is 0 Å². The molecule has 1 N–H and O–H groups in total. The highest BCUT2D eigenvalue weighted by Crippen LogP contribution is 2.48. The van der Waals surface area contributed by atoms with Crippen molar-refractivity contribution in [3.63, 3.8) is 0 Å². The lowest BCUT2D eigenvalue weighted by atomic mass is 9.78. The van der Waals surface area contributed by atoms with Crippen molar-refractivity contribution in [1.29, 1.82) is 0 Å². The molecule has 0 bridgehead atoms. The van der Waals surface area contributed by atoms with Crippen LogP contribution in [0.1, 0.15) is 6.42 Å². The Morgan fingerprint density at radius 2 is 1.75 bits per heavy atom. The molecule has 92 valence electrons. The Labute approximate surface area is 87.1 Å². The molecule has 0 saturated heterocycles. The average molecular weight is 246 g/mol. The van der Waals surface area contributed by atoms with Crippen molar-refractivity contribution >= 4 is 0 Å². The zero-order chi connectivity index (χ0) is 12.6. The molecule has 0 fully saturated rings. The van der Waals surface area contributed by atoms with Gasteiger partial charge in [0, 0.05) is 5.57 Å². The molecule has 1 nitrogen and oxygen atoms in total. The van der Waals surface area contributed by atoms with Gasteiger partial charge in [0.05, 0.1) is 6.61 Å². The van der Waals surface area contributed by atoms with Crippen molar-refractivity contribution in [2.75, 3.05) is 6.61 Å². The molecule has 0 amide bonds. The molecule has 0 aromatic carbocycles. The van der Waals surface area contributed by atoms with Gasteiger partial charge in [-0.3, -0.25) is 0 Å². The number of allylic oxidation sites excluding steroid dienone is 3. The number of aliphatic hydroxyl groups is 1. The SMILES string of the molecule is OCC1(C(F)(F)F)C=CC=C(C(F)(F)F)C1. The molecular formula is C9H8F6O. The number of aliphatic hydroxyl groups excluding tert-OH is 1. The minimum absolute atomic E-state index is 0.558. The maximum atomic E-state index is 12.6. The standard InChI is InChI=1S/C9H8F6O/c10-8(11,12)6-2-1-3-7(4-6,5-16)9(13,14)15/h1-3,16H,4-5H2. The summed E-state index contributed by atoms with van der Waals surface area (Å²) in [6, 6.07) is 0. The molecule has 0 spiro atoms. The molecule has 1 aliphatic carbocycles. The third-order valence-electron chi connectivity index (χ3n) is 2.43. The Bertz CT molecular complexity index is 324. The number of halogens is 6. The summed E-state index contributed by atoms with van der Waals surface area (Å²) in [4.78, 5) is 0. The first-order valence-corrected chi connectivity index (χ1v) is 4.25. The van der Waals surface area contributed by atoms with Crippen LogP contribution in [0.5, 0.6) is 0 Å². The van der Waals surface area contributed by atoms with Crippen molar-refractivity contribution in [1.82, 2.24) is 0 Å². The van der Waals surface area contributed by atoms with E-state index in [-0.39, 0.29) is 0 Å². The van der Waals surface area contributed by atoms with Gasteiger partial charge >= 0.3 is 12.4 Å². The van der Waals surface area contributed by atoms with Gasteiger partial charge in [-0.1, -0.05) is 18.2 Å². The van der Waals surface area contributed by atoms with Gasteiger partial charge in [-0.15, -0.1) is 0 Å². The monoisotopic (exact) mass is 246 g/mol. The summed E-state index contributed by atoms with van der Waals surface area (Å²) >= 11 is 0. The number of rotatable bonds is 1. The first-order valence-electron chi connectivity index (χ1n) is 4.25. The molecule has 0 aliphatic heterocycles. The van der Waals surface area contributed by atoms with Crippen LogP contribution in [0.25, 0.3) is 0 Å². The first kappa shape index (κ1) is 13.1. The Kier molecular flexibility index (Phi) is 3.11. The topological polar surface area (TPSA) is 20.2 Å². The van der Waals surface area contributed by atoms with Crippen molar-refractivity contribution in [2.45, 2.75) is 18.8 Å². The summed E-state index contributed by atoms with van der Waals surface area (Å²) in [5.41, 5.74) is -4.12.